The van der Waals surface area contributed by atoms with Crippen molar-refractivity contribution < 1.29 is 22.6 Å². The molecule has 1 aliphatic carbocycles. The van der Waals surface area contributed by atoms with Gasteiger partial charge >= 0.3 is 6.18 Å². The van der Waals surface area contributed by atoms with E-state index >= 15 is 0 Å². The van der Waals surface area contributed by atoms with Gasteiger partial charge in [0.1, 0.15) is 6.61 Å². The van der Waals surface area contributed by atoms with E-state index in [9.17, 15) is 13.2 Å². The first-order chi connectivity index (χ1) is 8.03. The molecule has 0 spiro atoms. The average molecular weight is 255 g/mol. The molecule has 0 bridgehead atoms. The summed E-state index contributed by atoms with van der Waals surface area (Å²) in [6.45, 7) is 0.241. The highest BCUT2D eigenvalue weighted by Gasteiger charge is 2.27. The summed E-state index contributed by atoms with van der Waals surface area (Å²) in [5.74, 6) is 0.966. The maximum absolute atomic E-state index is 11.7. The largest absolute Gasteiger partial charge is 0.411 e. The van der Waals surface area contributed by atoms with Crippen molar-refractivity contribution in [1.29, 1.82) is 0 Å². The Labute approximate surface area is 99.4 Å². The minimum Gasteiger partial charge on any atom is -0.379 e. The van der Waals surface area contributed by atoms with Crippen LogP contribution in [0.2, 0.25) is 0 Å². The van der Waals surface area contributed by atoms with Crippen LogP contribution in [0.5, 0.6) is 0 Å². The molecule has 0 saturated heterocycles. The van der Waals surface area contributed by atoms with Crippen molar-refractivity contribution in [2.75, 3.05) is 33.0 Å². The highest BCUT2D eigenvalue weighted by atomic mass is 19.4. The smallest absolute Gasteiger partial charge is 0.379 e. The summed E-state index contributed by atoms with van der Waals surface area (Å²) in [5, 5.41) is 0. The molecule has 1 aliphatic rings. The van der Waals surface area contributed by atoms with E-state index < -0.39 is 12.8 Å². The molecule has 3 nitrogen and oxygen atoms in total. The van der Waals surface area contributed by atoms with Crippen LogP contribution in [-0.2, 0) is 9.47 Å². The Morgan fingerprint density at radius 1 is 1.06 bits per heavy atom. The molecule has 0 radical (unpaired) electrons. The Morgan fingerprint density at radius 3 is 2.35 bits per heavy atom. The Kier molecular flexibility index (Phi) is 6.22. The van der Waals surface area contributed by atoms with Gasteiger partial charge in [0.2, 0.25) is 0 Å². The van der Waals surface area contributed by atoms with Crippen molar-refractivity contribution in [1.82, 2.24) is 0 Å². The third-order valence-electron chi connectivity index (χ3n) is 3.09. The Balaban J connectivity index is 1.97. The fraction of sp³-hybridized carbons (Fsp3) is 1.00. The fourth-order valence-electron chi connectivity index (χ4n) is 2.18. The molecule has 2 atom stereocenters. The van der Waals surface area contributed by atoms with Crippen LogP contribution in [0, 0.1) is 11.8 Å². The van der Waals surface area contributed by atoms with Crippen LogP contribution in [0.4, 0.5) is 13.2 Å². The third-order valence-corrected chi connectivity index (χ3v) is 3.09. The topological polar surface area (TPSA) is 44.5 Å². The molecule has 17 heavy (non-hydrogen) atoms. The number of halogens is 3. The van der Waals surface area contributed by atoms with Gasteiger partial charge in [0.15, 0.2) is 0 Å². The van der Waals surface area contributed by atoms with Crippen LogP contribution in [0.3, 0.4) is 0 Å². The summed E-state index contributed by atoms with van der Waals surface area (Å²) in [5.41, 5.74) is 5.62. The monoisotopic (exact) mass is 255 g/mol. The molecule has 1 rings (SSSR count). The zero-order valence-electron chi connectivity index (χ0n) is 9.84. The van der Waals surface area contributed by atoms with Gasteiger partial charge in [-0.05, 0) is 31.2 Å². The van der Waals surface area contributed by atoms with E-state index in [-0.39, 0.29) is 13.2 Å². The van der Waals surface area contributed by atoms with E-state index in [2.05, 4.69) is 4.74 Å². The van der Waals surface area contributed by atoms with Crippen molar-refractivity contribution in [2.45, 2.75) is 25.4 Å². The summed E-state index contributed by atoms with van der Waals surface area (Å²) in [4.78, 5) is 0. The summed E-state index contributed by atoms with van der Waals surface area (Å²) < 4.78 is 44.9. The van der Waals surface area contributed by atoms with Gasteiger partial charge in [0.25, 0.3) is 0 Å². The number of rotatable bonds is 7. The van der Waals surface area contributed by atoms with Crippen molar-refractivity contribution in [3.05, 3.63) is 0 Å². The zero-order chi connectivity index (χ0) is 12.7. The average Bonchev–Trinajstić information content (AvgIpc) is 2.69. The van der Waals surface area contributed by atoms with Gasteiger partial charge in [0.05, 0.1) is 13.2 Å². The second-order valence-electron chi connectivity index (χ2n) is 4.43. The van der Waals surface area contributed by atoms with Crippen molar-refractivity contribution in [3.63, 3.8) is 0 Å². The number of ether oxygens (including phenoxy) is 2. The van der Waals surface area contributed by atoms with Gasteiger partial charge < -0.3 is 15.2 Å². The second kappa shape index (κ2) is 7.18. The molecule has 6 heteroatoms. The van der Waals surface area contributed by atoms with Gasteiger partial charge in [-0.25, -0.2) is 0 Å². The Morgan fingerprint density at radius 2 is 1.71 bits per heavy atom. The van der Waals surface area contributed by atoms with E-state index in [0.717, 1.165) is 12.8 Å². The molecule has 2 N–H and O–H groups in total. The minimum atomic E-state index is -4.25. The highest BCUT2D eigenvalue weighted by molar-refractivity contribution is 4.77. The fourth-order valence-corrected chi connectivity index (χ4v) is 2.18. The standard InChI is InChI=1S/C11H20F3NO2/c12-11(13,14)8-17-5-4-16-7-10-3-1-2-9(10)6-15/h9-10H,1-8,15H2. The Hall–Kier alpha value is -0.330. The van der Waals surface area contributed by atoms with E-state index in [1.807, 2.05) is 0 Å². The van der Waals surface area contributed by atoms with Gasteiger partial charge in [-0.2, -0.15) is 13.2 Å². The molecule has 0 aromatic carbocycles. The predicted molar refractivity (Wildman–Crippen MR) is 57.6 cm³/mol. The van der Waals surface area contributed by atoms with Gasteiger partial charge in [-0.15, -0.1) is 0 Å². The molecule has 2 unspecified atom stereocenters. The quantitative estimate of drug-likeness (QED) is 0.707. The molecule has 102 valence electrons. The molecule has 0 heterocycles. The Bertz CT molecular complexity index is 211. The molecule has 0 aromatic heterocycles. The molecule has 1 fully saturated rings. The maximum atomic E-state index is 11.7. The minimum absolute atomic E-state index is 0.0144. The summed E-state index contributed by atoms with van der Waals surface area (Å²) in [7, 11) is 0. The van der Waals surface area contributed by atoms with Crippen molar-refractivity contribution in [3.8, 4) is 0 Å². The van der Waals surface area contributed by atoms with Crippen LogP contribution in [0.1, 0.15) is 19.3 Å². The van der Waals surface area contributed by atoms with Gasteiger partial charge in [-0.3, -0.25) is 0 Å². The van der Waals surface area contributed by atoms with Gasteiger partial charge in [-0.1, -0.05) is 6.42 Å². The lowest BCUT2D eigenvalue weighted by molar-refractivity contribution is -0.176. The van der Waals surface area contributed by atoms with E-state index in [4.69, 9.17) is 10.5 Å². The molecule has 0 amide bonds. The second-order valence-corrected chi connectivity index (χ2v) is 4.43. The highest BCUT2D eigenvalue weighted by Crippen LogP contribution is 2.30. The van der Waals surface area contributed by atoms with E-state index in [0.29, 0.717) is 25.0 Å². The van der Waals surface area contributed by atoms with Crippen molar-refractivity contribution >= 4 is 0 Å². The van der Waals surface area contributed by atoms with Crippen LogP contribution in [-0.4, -0.2) is 39.1 Å². The van der Waals surface area contributed by atoms with Crippen LogP contribution < -0.4 is 5.73 Å². The third kappa shape index (κ3) is 6.24. The lowest BCUT2D eigenvalue weighted by Gasteiger charge is -2.17. The van der Waals surface area contributed by atoms with E-state index in [1.165, 1.54) is 6.42 Å². The summed E-state index contributed by atoms with van der Waals surface area (Å²) in [6, 6.07) is 0. The summed E-state index contributed by atoms with van der Waals surface area (Å²) in [6.07, 6.45) is -0.850. The molecular weight excluding hydrogens is 235 g/mol. The van der Waals surface area contributed by atoms with Crippen LogP contribution >= 0.6 is 0 Å². The van der Waals surface area contributed by atoms with Crippen LogP contribution in [0.15, 0.2) is 0 Å². The number of hydrogen-bond acceptors (Lipinski definition) is 3. The predicted octanol–water partition coefficient (Wildman–Crippen LogP) is 1.96. The SMILES string of the molecule is NCC1CCCC1COCCOCC(F)(F)F. The lowest BCUT2D eigenvalue weighted by Crippen LogP contribution is -2.23. The lowest BCUT2D eigenvalue weighted by atomic mass is 9.97. The zero-order valence-corrected chi connectivity index (χ0v) is 9.84. The first-order valence-corrected chi connectivity index (χ1v) is 5.95. The summed E-state index contributed by atoms with van der Waals surface area (Å²) >= 11 is 0. The molecule has 0 aliphatic heterocycles. The van der Waals surface area contributed by atoms with Crippen LogP contribution in [0.25, 0.3) is 0 Å². The molecule has 1 saturated carbocycles. The first kappa shape index (κ1) is 14.7. The van der Waals surface area contributed by atoms with Gasteiger partial charge in [0, 0.05) is 6.61 Å². The number of nitrogens with two attached hydrogens (primary N) is 1. The molecular formula is C11H20F3NO2. The van der Waals surface area contributed by atoms with Crippen molar-refractivity contribution in [2.24, 2.45) is 17.6 Å². The molecule has 0 aromatic rings. The number of alkyl halides is 3. The van der Waals surface area contributed by atoms with E-state index in [1.54, 1.807) is 0 Å². The first-order valence-electron chi connectivity index (χ1n) is 5.95. The maximum Gasteiger partial charge on any atom is 0.411 e. The normalized spacial score (nSPS) is 25.4. The number of hydrogen-bond donors (Lipinski definition) is 1.